The third-order valence-corrected chi connectivity index (χ3v) is 4.20. The highest BCUT2D eigenvalue weighted by molar-refractivity contribution is 5.85. The van der Waals surface area contributed by atoms with Gasteiger partial charge in [0, 0.05) is 17.6 Å². The molecule has 112 valence electrons. The number of hydrogen-bond acceptors (Lipinski definition) is 5. The lowest BCUT2D eigenvalue weighted by Gasteiger charge is -2.17. The lowest BCUT2D eigenvalue weighted by molar-refractivity contribution is 0.648. The Hall–Kier alpha value is -2.50. The van der Waals surface area contributed by atoms with Gasteiger partial charge in [-0.2, -0.15) is 0 Å². The van der Waals surface area contributed by atoms with Crippen LogP contribution in [-0.2, 0) is 19.4 Å². The molecule has 22 heavy (non-hydrogen) atoms. The molecule has 4 rings (SSSR count). The zero-order chi connectivity index (χ0) is 14.9. The SMILES string of the molecule is Cc1nc(CNc2ncnc3cc[nH]c23)nc2c1CCCC2. The number of fused-ring (bicyclic) bond motifs is 2. The van der Waals surface area contributed by atoms with Crippen molar-refractivity contribution < 1.29 is 0 Å². The molecular formula is C16H18N6. The summed E-state index contributed by atoms with van der Waals surface area (Å²) in [5, 5.41) is 3.32. The lowest BCUT2D eigenvalue weighted by atomic mass is 9.95. The van der Waals surface area contributed by atoms with Crippen molar-refractivity contribution in [3.63, 3.8) is 0 Å². The summed E-state index contributed by atoms with van der Waals surface area (Å²) in [7, 11) is 0. The number of aromatic amines is 1. The van der Waals surface area contributed by atoms with Crippen molar-refractivity contribution in [2.45, 2.75) is 39.2 Å². The molecule has 2 N–H and O–H groups in total. The summed E-state index contributed by atoms with van der Waals surface area (Å²) < 4.78 is 0. The largest absolute Gasteiger partial charge is 0.361 e. The Morgan fingerprint density at radius 2 is 2.09 bits per heavy atom. The number of anilines is 1. The van der Waals surface area contributed by atoms with Crippen LogP contribution >= 0.6 is 0 Å². The summed E-state index contributed by atoms with van der Waals surface area (Å²) in [5.41, 5.74) is 5.51. The molecule has 0 radical (unpaired) electrons. The Morgan fingerprint density at radius 1 is 1.18 bits per heavy atom. The van der Waals surface area contributed by atoms with Crippen LogP contribution in [0.1, 0.15) is 35.6 Å². The second kappa shape index (κ2) is 5.36. The van der Waals surface area contributed by atoms with Crippen LogP contribution in [0.3, 0.4) is 0 Å². The molecule has 0 fully saturated rings. The minimum atomic E-state index is 0.569. The Bertz CT molecular complexity index is 823. The second-order valence-electron chi connectivity index (χ2n) is 5.67. The number of hydrogen-bond donors (Lipinski definition) is 2. The van der Waals surface area contributed by atoms with Crippen molar-refractivity contribution in [2.75, 3.05) is 5.32 Å². The molecule has 0 aromatic carbocycles. The van der Waals surface area contributed by atoms with E-state index in [0.29, 0.717) is 6.54 Å². The first kappa shape index (κ1) is 13.2. The van der Waals surface area contributed by atoms with Crippen LogP contribution in [-0.4, -0.2) is 24.9 Å². The molecule has 0 atom stereocenters. The monoisotopic (exact) mass is 294 g/mol. The van der Waals surface area contributed by atoms with Gasteiger partial charge in [-0.15, -0.1) is 0 Å². The topological polar surface area (TPSA) is 79.4 Å². The van der Waals surface area contributed by atoms with Crippen LogP contribution in [0.2, 0.25) is 0 Å². The van der Waals surface area contributed by atoms with Crippen LogP contribution < -0.4 is 5.32 Å². The van der Waals surface area contributed by atoms with E-state index in [1.165, 1.54) is 24.1 Å². The molecule has 0 bridgehead atoms. The molecule has 0 unspecified atom stereocenters. The summed E-state index contributed by atoms with van der Waals surface area (Å²) in [6.07, 6.45) is 8.09. The quantitative estimate of drug-likeness (QED) is 0.776. The predicted octanol–water partition coefficient (Wildman–Crippen LogP) is 2.55. The zero-order valence-corrected chi connectivity index (χ0v) is 12.6. The van der Waals surface area contributed by atoms with Gasteiger partial charge in [-0.05, 0) is 44.2 Å². The standard InChI is InChI=1S/C16H18N6/c1-10-11-4-2-3-5-12(11)22-14(21-10)8-18-16-15-13(6-7-17-15)19-9-20-16/h6-7,9,17H,2-5,8H2,1H3,(H,18,19,20). The maximum Gasteiger partial charge on any atom is 0.154 e. The number of nitrogens with zero attached hydrogens (tertiary/aromatic N) is 4. The van der Waals surface area contributed by atoms with E-state index >= 15 is 0 Å². The number of nitrogens with one attached hydrogen (secondary N) is 2. The van der Waals surface area contributed by atoms with Gasteiger partial charge in [0.25, 0.3) is 0 Å². The first-order valence-electron chi connectivity index (χ1n) is 7.68. The third kappa shape index (κ3) is 2.30. The van der Waals surface area contributed by atoms with Crippen LogP contribution in [0.5, 0.6) is 0 Å². The molecule has 1 aliphatic carbocycles. The van der Waals surface area contributed by atoms with Gasteiger partial charge >= 0.3 is 0 Å². The average Bonchev–Trinajstić information content (AvgIpc) is 3.02. The molecule has 0 aliphatic heterocycles. The van der Waals surface area contributed by atoms with E-state index in [4.69, 9.17) is 4.98 Å². The Kier molecular flexibility index (Phi) is 3.21. The molecule has 3 heterocycles. The third-order valence-electron chi connectivity index (χ3n) is 4.20. The van der Waals surface area contributed by atoms with Crippen LogP contribution in [0, 0.1) is 6.92 Å². The number of H-pyrrole nitrogens is 1. The normalized spacial score (nSPS) is 14.0. The van der Waals surface area contributed by atoms with Gasteiger partial charge in [-0.1, -0.05) is 0 Å². The zero-order valence-electron chi connectivity index (χ0n) is 12.6. The minimum Gasteiger partial charge on any atom is -0.361 e. The highest BCUT2D eigenvalue weighted by atomic mass is 15.1. The molecule has 6 nitrogen and oxygen atoms in total. The Morgan fingerprint density at radius 3 is 3.05 bits per heavy atom. The first-order chi connectivity index (χ1) is 10.8. The predicted molar refractivity (Wildman–Crippen MR) is 84.6 cm³/mol. The molecule has 6 heteroatoms. The van der Waals surface area contributed by atoms with Crippen molar-refractivity contribution in [1.82, 2.24) is 24.9 Å². The molecule has 0 amide bonds. The van der Waals surface area contributed by atoms with Crippen molar-refractivity contribution in [3.8, 4) is 0 Å². The van der Waals surface area contributed by atoms with Crippen LogP contribution in [0.15, 0.2) is 18.6 Å². The second-order valence-corrected chi connectivity index (χ2v) is 5.67. The van der Waals surface area contributed by atoms with Crippen LogP contribution in [0.4, 0.5) is 5.82 Å². The van der Waals surface area contributed by atoms with E-state index in [1.54, 1.807) is 6.33 Å². The van der Waals surface area contributed by atoms with Gasteiger partial charge in [0.2, 0.25) is 0 Å². The Labute approximate surface area is 128 Å². The summed E-state index contributed by atoms with van der Waals surface area (Å²) in [6, 6.07) is 1.93. The van der Waals surface area contributed by atoms with E-state index < -0.39 is 0 Å². The van der Waals surface area contributed by atoms with Crippen LogP contribution in [0.25, 0.3) is 11.0 Å². The maximum atomic E-state index is 4.73. The number of aromatic nitrogens is 5. The highest BCUT2D eigenvalue weighted by Crippen LogP contribution is 2.22. The first-order valence-corrected chi connectivity index (χ1v) is 7.68. The van der Waals surface area contributed by atoms with Gasteiger partial charge in [-0.3, -0.25) is 0 Å². The van der Waals surface area contributed by atoms with Crippen molar-refractivity contribution >= 4 is 16.9 Å². The smallest absolute Gasteiger partial charge is 0.154 e. The summed E-state index contributed by atoms with van der Waals surface area (Å²) >= 11 is 0. The molecule has 0 spiro atoms. The molecule has 0 saturated heterocycles. The highest BCUT2D eigenvalue weighted by Gasteiger charge is 2.15. The summed E-state index contributed by atoms with van der Waals surface area (Å²) in [6.45, 7) is 2.66. The summed E-state index contributed by atoms with van der Waals surface area (Å²) in [4.78, 5) is 21.0. The molecule has 0 saturated carbocycles. The van der Waals surface area contributed by atoms with E-state index in [0.717, 1.165) is 41.2 Å². The van der Waals surface area contributed by atoms with Gasteiger partial charge in [0.1, 0.15) is 17.7 Å². The number of aryl methyl sites for hydroxylation is 2. The Balaban J connectivity index is 1.59. The van der Waals surface area contributed by atoms with Gasteiger partial charge in [0.05, 0.1) is 12.1 Å². The fourth-order valence-electron chi connectivity index (χ4n) is 3.09. The van der Waals surface area contributed by atoms with Crippen molar-refractivity contribution in [1.29, 1.82) is 0 Å². The van der Waals surface area contributed by atoms with E-state index in [1.807, 2.05) is 12.3 Å². The maximum absolute atomic E-state index is 4.73. The molecule has 3 aromatic heterocycles. The molecule has 3 aromatic rings. The van der Waals surface area contributed by atoms with Gasteiger partial charge in [0.15, 0.2) is 5.82 Å². The van der Waals surface area contributed by atoms with E-state index in [-0.39, 0.29) is 0 Å². The van der Waals surface area contributed by atoms with Crippen molar-refractivity contribution in [3.05, 3.63) is 41.4 Å². The van der Waals surface area contributed by atoms with E-state index in [2.05, 4.69) is 32.2 Å². The van der Waals surface area contributed by atoms with E-state index in [9.17, 15) is 0 Å². The van der Waals surface area contributed by atoms with Crippen molar-refractivity contribution in [2.24, 2.45) is 0 Å². The average molecular weight is 294 g/mol. The molecular weight excluding hydrogens is 276 g/mol. The minimum absolute atomic E-state index is 0.569. The fourth-order valence-corrected chi connectivity index (χ4v) is 3.09. The van der Waals surface area contributed by atoms with Gasteiger partial charge in [-0.25, -0.2) is 19.9 Å². The fraction of sp³-hybridized carbons (Fsp3) is 0.375. The van der Waals surface area contributed by atoms with Gasteiger partial charge < -0.3 is 10.3 Å². The summed E-state index contributed by atoms with van der Waals surface area (Å²) in [5.74, 6) is 1.62. The lowest BCUT2D eigenvalue weighted by Crippen LogP contribution is -2.14. The molecule has 1 aliphatic rings. The number of rotatable bonds is 3.